The summed E-state index contributed by atoms with van der Waals surface area (Å²) in [5.41, 5.74) is -0.197. The van der Waals surface area contributed by atoms with Crippen LogP contribution in [0.3, 0.4) is 0 Å². The van der Waals surface area contributed by atoms with Gasteiger partial charge in [-0.3, -0.25) is 4.79 Å². The minimum Gasteiger partial charge on any atom is -0.333 e. The Morgan fingerprint density at radius 3 is 2.73 bits per heavy atom. The van der Waals surface area contributed by atoms with Crippen molar-refractivity contribution < 1.29 is 9.59 Å². The lowest BCUT2D eigenvalue weighted by molar-refractivity contribution is -0.121. The van der Waals surface area contributed by atoms with Gasteiger partial charge in [-0.05, 0) is 26.7 Å². The fourth-order valence-electron chi connectivity index (χ4n) is 1.47. The third-order valence-corrected chi connectivity index (χ3v) is 2.87. The van der Waals surface area contributed by atoms with Crippen LogP contribution in [0.25, 0.3) is 0 Å². The van der Waals surface area contributed by atoms with Crippen LogP contribution in [0.2, 0.25) is 0 Å². The monoisotopic (exact) mass is 212 g/mol. The molecule has 0 bridgehead atoms. The first-order valence-corrected chi connectivity index (χ1v) is 5.53. The van der Waals surface area contributed by atoms with Gasteiger partial charge in [0.1, 0.15) is 0 Å². The summed E-state index contributed by atoms with van der Waals surface area (Å²) in [6, 6.07) is -0.116. The van der Waals surface area contributed by atoms with Crippen LogP contribution in [0, 0.1) is 0 Å². The molecule has 86 valence electrons. The molecular formula is C11H20N2O2. The van der Waals surface area contributed by atoms with Gasteiger partial charge in [0.05, 0.1) is 6.54 Å². The van der Waals surface area contributed by atoms with Crippen molar-refractivity contribution in [2.24, 2.45) is 0 Å². The molecule has 0 aromatic carbocycles. The van der Waals surface area contributed by atoms with Crippen LogP contribution in [0.4, 0.5) is 4.79 Å². The van der Waals surface area contributed by atoms with Crippen LogP contribution in [-0.2, 0) is 4.79 Å². The highest BCUT2D eigenvalue weighted by Crippen LogP contribution is 2.10. The maximum absolute atomic E-state index is 11.8. The lowest BCUT2D eigenvalue weighted by Crippen LogP contribution is -2.52. The lowest BCUT2D eigenvalue weighted by Gasteiger charge is -2.31. The fraction of sp³-hybridized carbons (Fsp3) is 0.818. The molecule has 15 heavy (non-hydrogen) atoms. The van der Waals surface area contributed by atoms with E-state index in [9.17, 15) is 9.59 Å². The number of hydrogen-bond donors (Lipinski definition) is 1. The normalized spacial score (nSPS) is 17.8. The van der Waals surface area contributed by atoms with E-state index in [1.54, 1.807) is 4.90 Å². The highest BCUT2D eigenvalue weighted by atomic mass is 16.2. The molecule has 1 rings (SSSR count). The fourth-order valence-corrected chi connectivity index (χ4v) is 1.47. The van der Waals surface area contributed by atoms with Crippen LogP contribution in [-0.4, -0.2) is 35.3 Å². The zero-order chi connectivity index (χ0) is 11.5. The Morgan fingerprint density at radius 1 is 1.53 bits per heavy atom. The SMILES string of the molecule is CCC(C)(C)NC(=O)N1CCCC(=O)C1. The van der Waals surface area contributed by atoms with Crippen molar-refractivity contribution in [2.75, 3.05) is 13.1 Å². The molecule has 0 unspecified atom stereocenters. The van der Waals surface area contributed by atoms with E-state index < -0.39 is 0 Å². The number of piperidine rings is 1. The molecule has 1 aliphatic rings. The Labute approximate surface area is 91.0 Å². The quantitative estimate of drug-likeness (QED) is 0.755. The molecule has 1 heterocycles. The van der Waals surface area contributed by atoms with E-state index in [4.69, 9.17) is 0 Å². The zero-order valence-corrected chi connectivity index (χ0v) is 9.80. The first-order valence-electron chi connectivity index (χ1n) is 5.53. The standard InChI is InChI=1S/C11H20N2O2/c1-4-11(2,3)12-10(15)13-7-5-6-9(14)8-13/h4-8H2,1-3H3,(H,12,15). The predicted octanol–water partition coefficient (Wildman–Crippen LogP) is 1.55. The third kappa shape index (κ3) is 3.53. The maximum Gasteiger partial charge on any atom is 0.318 e. The number of likely N-dealkylation sites (tertiary alicyclic amines) is 1. The van der Waals surface area contributed by atoms with Gasteiger partial charge in [-0.1, -0.05) is 6.92 Å². The van der Waals surface area contributed by atoms with Gasteiger partial charge in [-0.2, -0.15) is 0 Å². The second-order valence-corrected chi connectivity index (χ2v) is 4.73. The summed E-state index contributed by atoms with van der Waals surface area (Å²) in [4.78, 5) is 24.6. The molecule has 0 radical (unpaired) electrons. The van der Waals surface area contributed by atoms with Crippen LogP contribution in [0.1, 0.15) is 40.0 Å². The number of nitrogens with one attached hydrogen (secondary N) is 1. The number of hydrogen-bond acceptors (Lipinski definition) is 2. The van der Waals surface area contributed by atoms with E-state index in [1.807, 2.05) is 20.8 Å². The Morgan fingerprint density at radius 2 is 2.20 bits per heavy atom. The molecule has 0 saturated carbocycles. The molecular weight excluding hydrogens is 192 g/mol. The van der Waals surface area contributed by atoms with Gasteiger partial charge < -0.3 is 10.2 Å². The number of amides is 2. The summed E-state index contributed by atoms with van der Waals surface area (Å²) in [6.07, 6.45) is 2.28. The summed E-state index contributed by atoms with van der Waals surface area (Å²) in [5, 5.41) is 2.93. The number of carbonyl (C=O) groups is 2. The zero-order valence-electron chi connectivity index (χ0n) is 9.80. The molecule has 0 aromatic rings. The minimum atomic E-state index is -0.197. The van der Waals surface area contributed by atoms with Crippen molar-refractivity contribution in [1.82, 2.24) is 10.2 Å². The van der Waals surface area contributed by atoms with Crippen molar-refractivity contribution in [3.8, 4) is 0 Å². The Kier molecular flexibility index (Phi) is 3.72. The summed E-state index contributed by atoms with van der Waals surface area (Å²) < 4.78 is 0. The summed E-state index contributed by atoms with van der Waals surface area (Å²) in [5.74, 6) is 0.158. The average Bonchev–Trinajstić information content (AvgIpc) is 2.17. The van der Waals surface area contributed by atoms with E-state index in [2.05, 4.69) is 5.32 Å². The topological polar surface area (TPSA) is 49.4 Å². The molecule has 0 atom stereocenters. The van der Waals surface area contributed by atoms with Crippen molar-refractivity contribution >= 4 is 11.8 Å². The van der Waals surface area contributed by atoms with Gasteiger partial charge in [-0.15, -0.1) is 0 Å². The molecule has 1 aliphatic heterocycles. The first kappa shape index (κ1) is 12.0. The van der Waals surface area contributed by atoms with Crippen molar-refractivity contribution in [2.45, 2.75) is 45.6 Å². The van der Waals surface area contributed by atoms with Gasteiger partial charge in [0.25, 0.3) is 0 Å². The molecule has 1 fully saturated rings. The van der Waals surface area contributed by atoms with Gasteiger partial charge in [-0.25, -0.2) is 4.79 Å². The predicted molar refractivity (Wildman–Crippen MR) is 58.7 cm³/mol. The van der Waals surface area contributed by atoms with Gasteiger partial charge in [0, 0.05) is 18.5 Å². The summed E-state index contributed by atoms with van der Waals surface area (Å²) >= 11 is 0. The number of urea groups is 1. The Hall–Kier alpha value is -1.06. The van der Waals surface area contributed by atoms with Crippen LogP contribution in [0.5, 0.6) is 0 Å². The van der Waals surface area contributed by atoms with Crippen molar-refractivity contribution in [3.05, 3.63) is 0 Å². The smallest absolute Gasteiger partial charge is 0.318 e. The Bertz CT molecular complexity index is 261. The van der Waals surface area contributed by atoms with Crippen molar-refractivity contribution in [3.63, 3.8) is 0 Å². The molecule has 1 saturated heterocycles. The minimum absolute atomic E-state index is 0.116. The first-order chi connectivity index (χ1) is 6.94. The number of nitrogens with zero attached hydrogens (tertiary/aromatic N) is 1. The van der Waals surface area contributed by atoms with Gasteiger partial charge >= 0.3 is 6.03 Å². The maximum atomic E-state index is 11.8. The summed E-state index contributed by atoms with van der Waals surface area (Å²) in [6.45, 7) is 6.96. The van der Waals surface area contributed by atoms with Crippen LogP contribution in [0.15, 0.2) is 0 Å². The third-order valence-electron chi connectivity index (χ3n) is 2.87. The highest BCUT2D eigenvalue weighted by Gasteiger charge is 2.25. The lowest BCUT2D eigenvalue weighted by atomic mass is 10.0. The number of rotatable bonds is 2. The van der Waals surface area contributed by atoms with Crippen molar-refractivity contribution in [1.29, 1.82) is 0 Å². The van der Waals surface area contributed by atoms with E-state index in [-0.39, 0.29) is 23.9 Å². The number of ketones is 1. The van der Waals surface area contributed by atoms with Crippen LogP contribution >= 0.6 is 0 Å². The van der Waals surface area contributed by atoms with Crippen LogP contribution < -0.4 is 5.32 Å². The molecule has 0 spiro atoms. The molecule has 4 heteroatoms. The molecule has 4 nitrogen and oxygen atoms in total. The summed E-state index contributed by atoms with van der Waals surface area (Å²) in [7, 11) is 0. The molecule has 0 aromatic heterocycles. The van der Waals surface area contributed by atoms with E-state index in [1.165, 1.54) is 0 Å². The largest absolute Gasteiger partial charge is 0.333 e. The van der Waals surface area contributed by atoms with E-state index in [0.717, 1.165) is 12.8 Å². The molecule has 0 aliphatic carbocycles. The number of Topliss-reactive ketones (excluding diaryl/α,β-unsaturated/α-hetero) is 1. The average molecular weight is 212 g/mol. The number of carbonyl (C=O) groups excluding carboxylic acids is 2. The molecule has 2 amide bonds. The van der Waals surface area contributed by atoms with Gasteiger partial charge in [0.15, 0.2) is 5.78 Å². The second kappa shape index (κ2) is 4.64. The molecule has 1 N–H and O–H groups in total. The second-order valence-electron chi connectivity index (χ2n) is 4.73. The highest BCUT2D eigenvalue weighted by molar-refractivity contribution is 5.86. The van der Waals surface area contributed by atoms with E-state index >= 15 is 0 Å². The Balaban J connectivity index is 2.49. The van der Waals surface area contributed by atoms with Gasteiger partial charge in [0.2, 0.25) is 0 Å². The van der Waals surface area contributed by atoms with E-state index in [0.29, 0.717) is 13.0 Å².